The molecule has 8 nitrogen and oxygen atoms in total. The van der Waals surface area contributed by atoms with Crippen LogP contribution in [0, 0.1) is 6.92 Å². The Bertz CT molecular complexity index is 950. The van der Waals surface area contributed by atoms with Crippen LogP contribution in [0.2, 0.25) is 0 Å². The van der Waals surface area contributed by atoms with Crippen LogP contribution in [-0.4, -0.2) is 28.8 Å². The summed E-state index contributed by atoms with van der Waals surface area (Å²) in [6.07, 6.45) is -0.725. The summed E-state index contributed by atoms with van der Waals surface area (Å²) in [6.45, 7) is 3.85. The largest absolute Gasteiger partial charge is 0.449 e. The molecular weight excluding hydrogens is 348 g/mol. The van der Waals surface area contributed by atoms with E-state index in [0.29, 0.717) is 22.9 Å². The predicted octanol–water partition coefficient (Wildman–Crippen LogP) is 3.10. The van der Waals surface area contributed by atoms with Crippen LogP contribution in [0.15, 0.2) is 52.9 Å². The minimum atomic E-state index is -0.725. The zero-order chi connectivity index (χ0) is 19.2. The van der Waals surface area contributed by atoms with Crippen molar-refractivity contribution < 1.29 is 18.7 Å². The van der Waals surface area contributed by atoms with Crippen LogP contribution in [0.25, 0.3) is 22.9 Å². The third-order valence-electron chi connectivity index (χ3n) is 3.75. The Balaban J connectivity index is 1.70. The molecule has 0 unspecified atom stereocenters. The summed E-state index contributed by atoms with van der Waals surface area (Å²) in [5, 5.41) is 8.16. The molecule has 0 atom stereocenters. The molecule has 0 fully saturated rings. The Morgan fingerprint density at radius 3 is 2.41 bits per heavy atom. The van der Waals surface area contributed by atoms with Gasteiger partial charge in [0.1, 0.15) is 0 Å². The minimum absolute atomic E-state index is 0.213. The number of benzene rings is 2. The third kappa shape index (κ3) is 4.30. The van der Waals surface area contributed by atoms with Crippen molar-refractivity contribution in [2.45, 2.75) is 13.8 Å². The lowest BCUT2D eigenvalue weighted by atomic mass is 10.1. The summed E-state index contributed by atoms with van der Waals surface area (Å²) in [5.41, 5.74) is 7.36. The van der Waals surface area contributed by atoms with Gasteiger partial charge < -0.3 is 9.15 Å². The Morgan fingerprint density at radius 2 is 1.70 bits per heavy atom. The highest BCUT2D eigenvalue weighted by Crippen LogP contribution is 2.26. The van der Waals surface area contributed by atoms with E-state index in [1.807, 2.05) is 31.2 Å². The van der Waals surface area contributed by atoms with Gasteiger partial charge in [-0.05, 0) is 49.7 Å². The lowest BCUT2D eigenvalue weighted by Crippen LogP contribution is -2.41. The zero-order valence-corrected chi connectivity index (χ0v) is 14.9. The SMILES string of the molecule is CCOC(=O)NNC(=O)c1ccc(-c2nnc(-c3ccccc3C)o2)cc1. The molecule has 138 valence electrons. The molecule has 0 saturated carbocycles. The number of aromatic nitrogens is 2. The highest BCUT2D eigenvalue weighted by atomic mass is 16.6. The number of nitrogens with zero attached hydrogens (tertiary/aromatic N) is 2. The second-order valence-electron chi connectivity index (χ2n) is 5.60. The van der Waals surface area contributed by atoms with Crippen molar-refractivity contribution in [1.82, 2.24) is 21.0 Å². The molecule has 0 radical (unpaired) electrons. The van der Waals surface area contributed by atoms with Crippen molar-refractivity contribution >= 4 is 12.0 Å². The van der Waals surface area contributed by atoms with Crippen molar-refractivity contribution in [3.8, 4) is 22.9 Å². The lowest BCUT2D eigenvalue weighted by molar-refractivity contribution is 0.0912. The smallest absolute Gasteiger partial charge is 0.426 e. The molecule has 1 aromatic heterocycles. The van der Waals surface area contributed by atoms with Gasteiger partial charge in [0.2, 0.25) is 11.8 Å². The van der Waals surface area contributed by atoms with Gasteiger partial charge in [0.15, 0.2) is 0 Å². The van der Waals surface area contributed by atoms with Gasteiger partial charge in [-0.15, -0.1) is 10.2 Å². The Kier molecular flexibility index (Phi) is 5.46. The molecule has 0 aliphatic carbocycles. The number of hydrogen-bond acceptors (Lipinski definition) is 6. The van der Waals surface area contributed by atoms with E-state index in [2.05, 4.69) is 25.8 Å². The van der Waals surface area contributed by atoms with E-state index >= 15 is 0 Å². The van der Waals surface area contributed by atoms with Gasteiger partial charge in [0.25, 0.3) is 5.91 Å². The molecule has 0 spiro atoms. The molecule has 2 N–H and O–H groups in total. The first kappa shape index (κ1) is 18.1. The maximum Gasteiger partial charge on any atom is 0.426 e. The van der Waals surface area contributed by atoms with Gasteiger partial charge in [-0.1, -0.05) is 18.2 Å². The molecule has 0 aliphatic heterocycles. The van der Waals surface area contributed by atoms with Crippen molar-refractivity contribution in [3.63, 3.8) is 0 Å². The molecule has 0 aliphatic rings. The second kappa shape index (κ2) is 8.13. The van der Waals surface area contributed by atoms with Gasteiger partial charge >= 0.3 is 6.09 Å². The van der Waals surface area contributed by atoms with Crippen LogP contribution in [0.5, 0.6) is 0 Å². The number of hydrazine groups is 1. The monoisotopic (exact) mass is 366 g/mol. The molecular formula is C19H18N4O4. The number of nitrogens with one attached hydrogen (secondary N) is 2. The van der Waals surface area contributed by atoms with E-state index in [1.165, 1.54) is 0 Å². The molecule has 0 bridgehead atoms. The van der Waals surface area contributed by atoms with E-state index in [1.54, 1.807) is 31.2 Å². The fourth-order valence-corrected chi connectivity index (χ4v) is 2.37. The predicted molar refractivity (Wildman–Crippen MR) is 97.5 cm³/mol. The highest BCUT2D eigenvalue weighted by molar-refractivity contribution is 5.95. The normalized spacial score (nSPS) is 10.3. The summed E-state index contributed by atoms with van der Waals surface area (Å²) in [6, 6.07) is 14.3. The van der Waals surface area contributed by atoms with E-state index in [-0.39, 0.29) is 6.61 Å². The van der Waals surface area contributed by atoms with Crippen LogP contribution in [0.4, 0.5) is 4.79 Å². The van der Waals surface area contributed by atoms with Crippen LogP contribution >= 0.6 is 0 Å². The Morgan fingerprint density at radius 1 is 1.00 bits per heavy atom. The number of amides is 2. The summed E-state index contributed by atoms with van der Waals surface area (Å²) in [7, 11) is 0. The lowest BCUT2D eigenvalue weighted by Gasteiger charge is -2.07. The van der Waals surface area contributed by atoms with E-state index in [0.717, 1.165) is 11.1 Å². The van der Waals surface area contributed by atoms with E-state index in [9.17, 15) is 9.59 Å². The number of carbonyl (C=O) groups is 2. The van der Waals surface area contributed by atoms with Crippen LogP contribution < -0.4 is 10.9 Å². The van der Waals surface area contributed by atoms with E-state index in [4.69, 9.17) is 4.42 Å². The van der Waals surface area contributed by atoms with E-state index < -0.39 is 12.0 Å². The fraction of sp³-hybridized carbons (Fsp3) is 0.158. The highest BCUT2D eigenvalue weighted by Gasteiger charge is 2.13. The van der Waals surface area contributed by atoms with Gasteiger partial charge in [0.05, 0.1) is 6.61 Å². The first-order chi connectivity index (χ1) is 13.1. The number of rotatable bonds is 4. The summed E-state index contributed by atoms with van der Waals surface area (Å²) in [5.74, 6) is 0.314. The number of hydrogen-bond donors (Lipinski definition) is 2. The molecule has 1 heterocycles. The number of carbonyl (C=O) groups excluding carboxylic acids is 2. The van der Waals surface area contributed by atoms with Crippen LogP contribution in [-0.2, 0) is 4.74 Å². The topological polar surface area (TPSA) is 106 Å². The molecule has 8 heteroatoms. The van der Waals surface area contributed by atoms with Gasteiger partial charge in [-0.2, -0.15) is 0 Å². The number of ether oxygens (including phenoxy) is 1. The maximum absolute atomic E-state index is 12.0. The fourth-order valence-electron chi connectivity index (χ4n) is 2.37. The quantitative estimate of drug-likeness (QED) is 0.687. The third-order valence-corrected chi connectivity index (χ3v) is 3.75. The van der Waals surface area contributed by atoms with Crippen LogP contribution in [0.3, 0.4) is 0 Å². The first-order valence-corrected chi connectivity index (χ1v) is 8.31. The molecule has 3 aromatic rings. The molecule has 2 amide bonds. The van der Waals surface area contributed by atoms with Crippen LogP contribution in [0.1, 0.15) is 22.8 Å². The van der Waals surface area contributed by atoms with Gasteiger partial charge in [-0.3, -0.25) is 10.2 Å². The van der Waals surface area contributed by atoms with Crippen molar-refractivity contribution in [2.24, 2.45) is 0 Å². The first-order valence-electron chi connectivity index (χ1n) is 8.31. The average molecular weight is 366 g/mol. The standard InChI is InChI=1S/C19H18N4O4/c1-3-26-19(25)23-20-16(24)13-8-10-14(11-9-13)17-21-22-18(27-17)15-7-5-4-6-12(15)2/h4-11H,3H2,1-2H3,(H,20,24)(H,23,25). The number of aryl methyl sites for hydroxylation is 1. The summed E-state index contributed by atoms with van der Waals surface area (Å²) >= 11 is 0. The van der Waals surface area contributed by atoms with Crippen molar-refractivity contribution in [2.75, 3.05) is 6.61 Å². The van der Waals surface area contributed by atoms with Crippen molar-refractivity contribution in [3.05, 3.63) is 59.7 Å². The summed E-state index contributed by atoms with van der Waals surface area (Å²) in [4.78, 5) is 23.2. The van der Waals surface area contributed by atoms with Crippen molar-refractivity contribution in [1.29, 1.82) is 0 Å². The average Bonchev–Trinajstić information content (AvgIpc) is 3.17. The molecule has 0 saturated heterocycles. The van der Waals surface area contributed by atoms with Gasteiger partial charge in [0, 0.05) is 16.7 Å². The molecule has 2 aromatic carbocycles. The van der Waals surface area contributed by atoms with Gasteiger partial charge in [-0.25, -0.2) is 10.2 Å². The Hall–Kier alpha value is -3.68. The minimum Gasteiger partial charge on any atom is -0.449 e. The molecule has 27 heavy (non-hydrogen) atoms. The second-order valence-corrected chi connectivity index (χ2v) is 5.60. The zero-order valence-electron chi connectivity index (χ0n) is 14.9. The summed E-state index contributed by atoms with van der Waals surface area (Å²) < 4.78 is 10.4. The maximum atomic E-state index is 12.0. The Labute approximate surface area is 155 Å². The molecule has 3 rings (SSSR count).